The van der Waals surface area contributed by atoms with Crippen LogP contribution in [0.15, 0.2) is 28.9 Å². The van der Waals surface area contributed by atoms with E-state index in [0.717, 1.165) is 28.1 Å². The molecule has 98 valence electrons. The molecule has 1 fully saturated rings. The molecular formula is C14H15BrN4. The molecule has 2 heterocycles. The fraction of sp³-hybridized carbons (Fsp3) is 0.357. The van der Waals surface area contributed by atoms with Gasteiger partial charge in [0.1, 0.15) is 5.69 Å². The Kier molecular flexibility index (Phi) is 3.57. The second-order valence-electron chi connectivity index (χ2n) is 4.84. The molecule has 0 atom stereocenters. The molecule has 0 bridgehead atoms. The molecule has 0 spiro atoms. The third-order valence-electron chi connectivity index (χ3n) is 3.01. The van der Waals surface area contributed by atoms with Crippen molar-refractivity contribution >= 4 is 15.9 Å². The standard InChI is InChI=1S/C14H15BrN4/c1-9-6-12(8-16-11-3-4-11)19-14(18-9)13-5-2-10(15)7-17-13/h2,5-7,11,16H,3-4,8H2,1H3. The maximum Gasteiger partial charge on any atom is 0.178 e. The highest BCUT2D eigenvalue weighted by Gasteiger charge is 2.20. The number of nitrogens with zero attached hydrogens (tertiary/aromatic N) is 3. The Morgan fingerprint density at radius 2 is 2.16 bits per heavy atom. The number of rotatable bonds is 4. The lowest BCUT2D eigenvalue weighted by atomic mass is 10.3. The molecule has 1 aliphatic carbocycles. The molecule has 0 unspecified atom stereocenters. The van der Waals surface area contributed by atoms with Crippen LogP contribution in [0.25, 0.3) is 11.5 Å². The van der Waals surface area contributed by atoms with Crippen molar-refractivity contribution in [3.05, 3.63) is 40.3 Å². The Hall–Kier alpha value is -1.33. The van der Waals surface area contributed by atoms with Crippen molar-refractivity contribution in [1.82, 2.24) is 20.3 Å². The molecule has 0 aliphatic heterocycles. The fourth-order valence-electron chi connectivity index (χ4n) is 1.88. The van der Waals surface area contributed by atoms with Crippen LogP contribution in [0.3, 0.4) is 0 Å². The van der Waals surface area contributed by atoms with Gasteiger partial charge in [0.05, 0.1) is 5.69 Å². The van der Waals surface area contributed by atoms with Gasteiger partial charge in [-0.1, -0.05) is 0 Å². The maximum absolute atomic E-state index is 4.58. The minimum Gasteiger partial charge on any atom is -0.308 e. The molecule has 1 N–H and O–H groups in total. The van der Waals surface area contributed by atoms with E-state index in [1.165, 1.54) is 12.8 Å². The predicted octanol–water partition coefficient (Wildman–Crippen LogP) is 2.86. The minimum absolute atomic E-state index is 0.685. The van der Waals surface area contributed by atoms with Crippen LogP contribution in [0, 0.1) is 6.92 Å². The van der Waals surface area contributed by atoms with Crippen LogP contribution < -0.4 is 5.32 Å². The van der Waals surface area contributed by atoms with Crippen LogP contribution in [0.1, 0.15) is 24.2 Å². The van der Waals surface area contributed by atoms with Gasteiger partial charge < -0.3 is 5.32 Å². The van der Waals surface area contributed by atoms with E-state index in [-0.39, 0.29) is 0 Å². The zero-order valence-corrected chi connectivity index (χ0v) is 12.3. The van der Waals surface area contributed by atoms with Crippen LogP contribution in [-0.4, -0.2) is 21.0 Å². The van der Waals surface area contributed by atoms with E-state index < -0.39 is 0 Å². The summed E-state index contributed by atoms with van der Waals surface area (Å²) >= 11 is 3.38. The topological polar surface area (TPSA) is 50.7 Å². The molecule has 2 aromatic rings. The van der Waals surface area contributed by atoms with E-state index in [0.29, 0.717) is 11.9 Å². The fourth-order valence-corrected chi connectivity index (χ4v) is 2.12. The molecule has 1 saturated carbocycles. The van der Waals surface area contributed by atoms with E-state index in [4.69, 9.17) is 0 Å². The molecule has 1 aliphatic rings. The van der Waals surface area contributed by atoms with Gasteiger partial charge in [0.2, 0.25) is 0 Å². The molecule has 0 radical (unpaired) electrons. The van der Waals surface area contributed by atoms with Crippen molar-refractivity contribution in [2.75, 3.05) is 0 Å². The van der Waals surface area contributed by atoms with Gasteiger partial charge in [0.25, 0.3) is 0 Å². The Morgan fingerprint density at radius 1 is 1.32 bits per heavy atom. The Morgan fingerprint density at radius 3 is 2.84 bits per heavy atom. The molecular weight excluding hydrogens is 304 g/mol. The second-order valence-corrected chi connectivity index (χ2v) is 5.76. The highest BCUT2D eigenvalue weighted by atomic mass is 79.9. The first-order chi connectivity index (χ1) is 9.20. The van der Waals surface area contributed by atoms with Crippen molar-refractivity contribution in [2.24, 2.45) is 0 Å². The monoisotopic (exact) mass is 318 g/mol. The second kappa shape index (κ2) is 5.35. The van der Waals surface area contributed by atoms with Crippen LogP contribution in [0.4, 0.5) is 0 Å². The van der Waals surface area contributed by atoms with E-state index in [1.807, 2.05) is 25.1 Å². The Balaban J connectivity index is 1.85. The summed E-state index contributed by atoms with van der Waals surface area (Å²) in [5.74, 6) is 0.695. The first kappa shape index (κ1) is 12.7. The van der Waals surface area contributed by atoms with Crippen molar-refractivity contribution < 1.29 is 0 Å². The predicted molar refractivity (Wildman–Crippen MR) is 77.6 cm³/mol. The first-order valence-electron chi connectivity index (χ1n) is 6.40. The summed E-state index contributed by atoms with van der Waals surface area (Å²) in [5.41, 5.74) is 2.81. The van der Waals surface area contributed by atoms with Gasteiger partial charge in [0, 0.05) is 29.0 Å². The SMILES string of the molecule is Cc1cc(CNC2CC2)nc(-c2ccc(Br)cn2)n1. The average molecular weight is 319 g/mol. The number of hydrogen-bond donors (Lipinski definition) is 1. The smallest absolute Gasteiger partial charge is 0.178 e. The maximum atomic E-state index is 4.58. The van der Waals surface area contributed by atoms with Crippen LogP contribution in [0.5, 0.6) is 0 Å². The van der Waals surface area contributed by atoms with Crippen molar-refractivity contribution in [2.45, 2.75) is 32.4 Å². The quantitative estimate of drug-likeness (QED) is 0.941. The van der Waals surface area contributed by atoms with Gasteiger partial charge in [-0.05, 0) is 53.9 Å². The van der Waals surface area contributed by atoms with Crippen LogP contribution in [0.2, 0.25) is 0 Å². The van der Waals surface area contributed by atoms with Crippen LogP contribution in [-0.2, 0) is 6.54 Å². The molecule has 19 heavy (non-hydrogen) atoms. The molecule has 0 saturated heterocycles. The van der Waals surface area contributed by atoms with Crippen molar-refractivity contribution in [3.63, 3.8) is 0 Å². The summed E-state index contributed by atoms with van der Waals surface area (Å²) < 4.78 is 0.958. The largest absolute Gasteiger partial charge is 0.308 e. The summed E-state index contributed by atoms with van der Waals surface area (Å²) in [7, 11) is 0. The zero-order chi connectivity index (χ0) is 13.2. The lowest BCUT2D eigenvalue weighted by molar-refractivity contribution is 0.672. The van der Waals surface area contributed by atoms with Gasteiger partial charge in [-0.15, -0.1) is 0 Å². The highest BCUT2D eigenvalue weighted by Crippen LogP contribution is 2.20. The first-order valence-corrected chi connectivity index (χ1v) is 7.20. The lowest BCUT2D eigenvalue weighted by Gasteiger charge is -2.06. The highest BCUT2D eigenvalue weighted by molar-refractivity contribution is 9.10. The third kappa shape index (κ3) is 3.36. The zero-order valence-electron chi connectivity index (χ0n) is 10.7. The number of nitrogens with one attached hydrogen (secondary N) is 1. The summed E-state index contributed by atoms with van der Waals surface area (Å²) in [6.07, 6.45) is 4.33. The number of pyridine rings is 1. The molecule has 4 nitrogen and oxygen atoms in total. The van der Waals surface area contributed by atoms with Crippen LogP contribution >= 0.6 is 15.9 Å². The molecule has 2 aromatic heterocycles. The summed E-state index contributed by atoms with van der Waals surface area (Å²) in [6, 6.07) is 6.59. The third-order valence-corrected chi connectivity index (χ3v) is 3.48. The van der Waals surface area contributed by atoms with E-state index in [2.05, 4.69) is 36.2 Å². The van der Waals surface area contributed by atoms with Gasteiger partial charge >= 0.3 is 0 Å². The normalized spacial score (nSPS) is 14.6. The Labute approximate surface area is 120 Å². The van der Waals surface area contributed by atoms with Gasteiger partial charge in [-0.25, -0.2) is 9.97 Å². The summed E-state index contributed by atoms with van der Waals surface area (Å²) in [5, 5.41) is 3.47. The van der Waals surface area contributed by atoms with Gasteiger partial charge in [0.15, 0.2) is 5.82 Å². The molecule has 0 amide bonds. The number of halogens is 1. The lowest BCUT2D eigenvalue weighted by Crippen LogP contribution is -2.16. The van der Waals surface area contributed by atoms with Crippen molar-refractivity contribution in [3.8, 4) is 11.5 Å². The molecule has 3 rings (SSSR count). The minimum atomic E-state index is 0.685. The number of aryl methyl sites for hydroxylation is 1. The number of aromatic nitrogens is 3. The summed E-state index contributed by atoms with van der Waals surface area (Å²) in [4.78, 5) is 13.4. The number of hydrogen-bond acceptors (Lipinski definition) is 4. The Bertz CT molecular complexity index is 578. The molecule has 0 aromatic carbocycles. The van der Waals surface area contributed by atoms with E-state index in [9.17, 15) is 0 Å². The van der Waals surface area contributed by atoms with Gasteiger partial charge in [-0.3, -0.25) is 4.98 Å². The van der Waals surface area contributed by atoms with E-state index in [1.54, 1.807) is 6.20 Å². The summed E-state index contributed by atoms with van der Waals surface area (Å²) in [6.45, 7) is 2.79. The average Bonchev–Trinajstić information content (AvgIpc) is 3.20. The van der Waals surface area contributed by atoms with Crippen molar-refractivity contribution in [1.29, 1.82) is 0 Å². The molecule has 5 heteroatoms. The van der Waals surface area contributed by atoms with E-state index >= 15 is 0 Å². The van der Waals surface area contributed by atoms with Gasteiger partial charge in [-0.2, -0.15) is 0 Å².